The van der Waals surface area contributed by atoms with Crippen LogP contribution >= 0.6 is 15.9 Å². The minimum atomic E-state index is -0.145. The maximum Gasteiger partial charge on any atom is 0.124 e. The monoisotopic (exact) mass is 473 g/mol. The minimum Gasteiger partial charge on any atom is -0.497 e. The fourth-order valence-corrected chi connectivity index (χ4v) is 5.53. The molecule has 4 heteroatoms. The maximum atomic E-state index is 12.6. The summed E-state index contributed by atoms with van der Waals surface area (Å²) in [6.07, 6.45) is 2.01. The SMILES string of the molecule is COc1ccc2c(c1)c1c(n2C)C[C@@H](c2ccccc2)[C@@H](C=O)[C@@H]1c1ccc(Br)cc1. The largest absolute Gasteiger partial charge is 0.497 e. The summed E-state index contributed by atoms with van der Waals surface area (Å²) in [5.74, 6) is 0.802. The van der Waals surface area contributed by atoms with E-state index in [1.54, 1.807) is 7.11 Å². The molecule has 1 heterocycles. The molecule has 0 amide bonds. The molecule has 0 bridgehead atoms. The van der Waals surface area contributed by atoms with E-state index in [4.69, 9.17) is 4.74 Å². The van der Waals surface area contributed by atoms with E-state index in [1.165, 1.54) is 34.0 Å². The first-order valence-corrected chi connectivity index (χ1v) is 11.3. The number of aryl methyl sites for hydroxylation is 1. The van der Waals surface area contributed by atoms with Crippen molar-refractivity contribution in [1.82, 2.24) is 4.57 Å². The molecule has 5 rings (SSSR count). The molecule has 0 aliphatic heterocycles. The second kappa shape index (κ2) is 8.01. The molecule has 0 unspecified atom stereocenters. The van der Waals surface area contributed by atoms with Gasteiger partial charge in [0.05, 0.1) is 7.11 Å². The third kappa shape index (κ3) is 3.30. The Morgan fingerprint density at radius 1 is 1.00 bits per heavy atom. The molecule has 3 nitrogen and oxygen atoms in total. The second-order valence-corrected chi connectivity index (χ2v) is 9.18. The van der Waals surface area contributed by atoms with E-state index in [2.05, 4.69) is 88.2 Å². The van der Waals surface area contributed by atoms with Crippen LogP contribution in [0.3, 0.4) is 0 Å². The molecule has 0 fully saturated rings. The average molecular weight is 474 g/mol. The summed E-state index contributed by atoms with van der Waals surface area (Å²) in [6, 6.07) is 25.1. The average Bonchev–Trinajstić information content (AvgIpc) is 3.10. The molecular weight excluding hydrogens is 450 g/mol. The lowest BCUT2D eigenvalue weighted by molar-refractivity contribution is -0.112. The zero-order chi connectivity index (χ0) is 21.5. The first-order valence-electron chi connectivity index (χ1n) is 10.5. The summed E-state index contributed by atoms with van der Waals surface area (Å²) in [5.41, 5.74) is 6.10. The molecule has 0 saturated heterocycles. The van der Waals surface area contributed by atoms with Gasteiger partial charge in [-0.3, -0.25) is 0 Å². The molecule has 1 aromatic heterocycles. The van der Waals surface area contributed by atoms with Crippen molar-refractivity contribution in [3.63, 3.8) is 0 Å². The van der Waals surface area contributed by atoms with Crippen molar-refractivity contribution in [3.05, 3.63) is 99.7 Å². The van der Waals surface area contributed by atoms with Crippen LogP contribution in [-0.2, 0) is 18.3 Å². The predicted octanol–water partition coefficient (Wildman–Crippen LogP) is 6.24. The minimum absolute atomic E-state index is 0.0182. The van der Waals surface area contributed by atoms with E-state index < -0.39 is 0 Å². The molecule has 0 spiro atoms. The smallest absolute Gasteiger partial charge is 0.124 e. The molecule has 31 heavy (non-hydrogen) atoms. The molecule has 1 aliphatic carbocycles. The number of fused-ring (bicyclic) bond motifs is 3. The van der Waals surface area contributed by atoms with Crippen molar-refractivity contribution >= 4 is 33.1 Å². The quantitative estimate of drug-likeness (QED) is 0.328. The third-order valence-corrected chi connectivity index (χ3v) is 7.29. The Labute approximate surface area is 190 Å². The van der Waals surface area contributed by atoms with Crippen LogP contribution in [0.25, 0.3) is 10.9 Å². The summed E-state index contributed by atoms with van der Waals surface area (Å²) >= 11 is 3.55. The van der Waals surface area contributed by atoms with Gasteiger partial charge in [0, 0.05) is 40.0 Å². The number of carbonyl (C=O) groups excluding carboxylic acids is 1. The van der Waals surface area contributed by atoms with Crippen LogP contribution in [0.4, 0.5) is 0 Å². The maximum absolute atomic E-state index is 12.6. The number of benzene rings is 3. The number of methoxy groups -OCH3 is 1. The highest BCUT2D eigenvalue weighted by Crippen LogP contribution is 2.50. The van der Waals surface area contributed by atoms with Crippen molar-refractivity contribution in [2.75, 3.05) is 7.11 Å². The Morgan fingerprint density at radius 3 is 2.42 bits per heavy atom. The van der Waals surface area contributed by atoms with Gasteiger partial charge in [0.25, 0.3) is 0 Å². The highest BCUT2D eigenvalue weighted by molar-refractivity contribution is 9.10. The summed E-state index contributed by atoms with van der Waals surface area (Å²) in [5, 5.41) is 1.17. The van der Waals surface area contributed by atoms with Gasteiger partial charge in [-0.2, -0.15) is 0 Å². The van der Waals surface area contributed by atoms with Crippen LogP contribution in [-0.4, -0.2) is 18.0 Å². The van der Waals surface area contributed by atoms with E-state index in [9.17, 15) is 4.79 Å². The Hall–Kier alpha value is -2.85. The number of aldehydes is 1. The first kappa shape index (κ1) is 20.1. The molecule has 156 valence electrons. The van der Waals surface area contributed by atoms with E-state index >= 15 is 0 Å². The number of hydrogen-bond acceptors (Lipinski definition) is 2. The van der Waals surface area contributed by atoms with Crippen molar-refractivity contribution in [2.45, 2.75) is 18.3 Å². The number of nitrogens with zero attached hydrogens (tertiary/aromatic N) is 1. The van der Waals surface area contributed by atoms with Crippen LogP contribution < -0.4 is 4.74 Å². The number of carbonyl (C=O) groups is 1. The molecule has 0 radical (unpaired) electrons. The zero-order valence-corrected chi connectivity index (χ0v) is 19.2. The molecule has 0 saturated carbocycles. The molecule has 4 aromatic rings. The number of hydrogen-bond donors (Lipinski definition) is 0. The lowest BCUT2D eigenvalue weighted by atomic mass is 9.66. The van der Waals surface area contributed by atoms with Crippen LogP contribution in [0, 0.1) is 5.92 Å². The first-order chi connectivity index (χ1) is 15.1. The Bertz CT molecular complexity index is 1240. The van der Waals surface area contributed by atoms with Crippen LogP contribution in [0.5, 0.6) is 5.75 Å². The number of aromatic nitrogens is 1. The Morgan fingerprint density at radius 2 is 1.74 bits per heavy atom. The number of ether oxygens (including phenoxy) is 1. The predicted molar refractivity (Wildman–Crippen MR) is 128 cm³/mol. The van der Waals surface area contributed by atoms with E-state index in [-0.39, 0.29) is 17.8 Å². The standard InChI is InChI=1S/C27H24BrNO2/c1-29-24-13-12-20(31-2)14-22(24)27-25(29)15-21(17-6-4-3-5-7-17)23(16-30)26(27)18-8-10-19(28)11-9-18/h3-14,16,21,23,26H,15H2,1-2H3/t21-,23+,26-/m0/s1. The highest BCUT2D eigenvalue weighted by atomic mass is 79.9. The number of rotatable bonds is 4. The normalized spacial score (nSPS) is 20.4. The number of halogens is 1. The summed E-state index contributed by atoms with van der Waals surface area (Å²) in [7, 11) is 3.83. The van der Waals surface area contributed by atoms with Crippen molar-refractivity contribution in [2.24, 2.45) is 13.0 Å². The fourth-order valence-electron chi connectivity index (χ4n) is 5.27. The second-order valence-electron chi connectivity index (χ2n) is 8.27. The van der Waals surface area contributed by atoms with Gasteiger partial charge >= 0.3 is 0 Å². The molecule has 1 aliphatic rings. The van der Waals surface area contributed by atoms with Gasteiger partial charge < -0.3 is 14.1 Å². The molecular formula is C27H24BrNO2. The third-order valence-electron chi connectivity index (χ3n) is 6.76. The van der Waals surface area contributed by atoms with Gasteiger partial charge in [-0.1, -0.05) is 58.4 Å². The van der Waals surface area contributed by atoms with Gasteiger partial charge in [-0.25, -0.2) is 0 Å². The zero-order valence-electron chi connectivity index (χ0n) is 17.6. The van der Waals surface area contributed by atoms with Gasteiger partial charge in [0.2, 0.25) is 0 Å². The van der Waals surface area contributed by atoms with E-state index in [0.29, 0.717) is 0 Å². The van der Waals surface area contributed by atoms with Crippen molar-refractivity contribution in [1.29, 1.82) is 0 Å². The highest BCUT2D eigenvalue weighted by Gasteiger charge is 2.41. The Balaban J connectivity index is 1.80. The van der Waals surface area contributed by atoms with Crippen LogP contribution in [0.2, 0.25) is 0 Å². The summed E-state index contributed by atoms with van der Waals surface area (Å²) in [6.45, 7) is 0. The van der Waals surface area contributed by atoms with Gasteiger partial charge in [0.15, 0.2) is 0 Å². The van der Waals surface area contributed by atoms with Crippen LogP contribution in [0.1, 0.15) is 34.2 Å². The fraction of sp³-hybridized carbons (Fsp3) is 0.222. The lowest BCUT2D eigenvalue weighted by Crippen LogP contribution is -2.30. The molecule has 3 atom stereocenters. The van der Waals surface area contributed by atoms with Crippen molar-refractivity contribution in [3.8, 4) is 5.75 Å². The van der Waals surface area contributed by atoms with Crippen LogP contribution in [0.15, 0.2) is 77.3 Å². The summed E-state index contributed by atoms with van der Waals surface area (Å²) < 4.78 is 8.87. The van der Waals surface area contributed by atoms with Gasteiger partial charge in [0.1, 0.15) is 12.0 Å². The Kier molecular flexibility index (Phi) is 5.19. The molecule has 3 aromatic carbocycles. The topological polar surface area (TPSA) is 31.2 Å². The summed E-state index contributed by atoms with van der Waals surface area (Å²) in [4.78, 5) is 12.6. The lowest BCUT2D eigenvalue weighted by Gasteiger charge is -2.36. The molecule has 0 N–H and O–H groups in total. The van der Waals surface area contributed by atoms with Crippen molar-refractivity contribution < 1.29 is 9.53 Å². The van der Waals surface area contributed by atoms with E-state index in [0.717, 1.165) is 22.2 Å². The van der Waals surface area contributed by atoms with Gasteiger partial charge in [-0.05, 0) is 59.4 Å². The van der Waals surface area contributed by atoms with E-state index in [1.807, 2.05) is 12.1 Å². The van der Waals surface area contributed by atoms with Gasteiger partial charge in [-0.15, -0.1) is 0 Å².